The van der Waals surface area contributed by atoms with Crippen molar-refractivity contribution in [3.8, 4) is 0 Å². The average Bonchev–Trinajstić information content (AvgIpc) is 2.30. The molecule has 2 aromatic rings. The Kier molecular flexibility index (Phi) is 3.81. The van der Waals surface area contributed by atoms with Gasteiger partial charge in [-0.1, -0.05) is 76.1 Å². The molecule has 0 amide bonds. The van der Waals surface area contributed by atoms with Crippen LogP contribution in [0.25, 0.3) is 12.2 Å². The summed E-state index contributed by atoms with van der Waals surface area (Å²) in [4.78, 5) is 0. The summed E-state index contributed by atoms with van der Waals surface area (Å²) in [6, 6.07) is 15.9. The first-order valence-electron chi connectivity index (χ1n) is 4.94. The van der Waals surface area contributed by atoms with Gasteiger partial charge in [-0.05, 0) is 23.3 Å². The standard InChI is InChI=1S/C14H10BrCl/c15-13-7-3-1-5-11(13)9-10-12-6-2-4-8-14(12)16/h1-10H. The Labute approximate surface area is 109 Å². The Morgan fingerprint density at radius 1 is 0.812 bits per heavy atom. The van der Waals surface area contributed by atoms with E-state index in [1.807, 2.05) is 54.6 Å². The van der Waals surface area contributed by atoms with Gasteiger partial charge in [0.05, 0.1) is 0 Å². The molecule has 0 aliphatic heterocycles. The molecule has 0 fully saturated rings. The molecule has 0 spiro atoms. The van der Waals surface area contributed by atoms with Gasteiger partial charge in [-0.2, -0.15) is 0 Å². The zero-order valence-corrected chi connectivity index (χ0v) is 10.9. The summed E-state index contributed by atoms with van der Waals surface area (Å²) in [6.07, 6.45) is 4.06. The van der Waals surface area contributed by atoms with Crippen molar-refractivity contribution >= 4 is 39.7 Å². The monoisotopic (exact) mass is 292 g/mol. The topological polar surface area (TPSA) is 0 Å². The van der Waals surface area contributed by atoms with Gasteiger partial charge in [0.25, 0.3) is 0 Å². The molecule has 0 unspecified atom stereocenters. The maximum Gasteiger partial charge on any atom is 0.0478 e. The molecule has 0 radical (unpaired) electrons. The Balaban J connectivity index is 2.29. The van der Waals surface area contributed by atoms with Crippen molar-refractivity contribution in [2.24, 2.45) is 0 Å². The lowest BCUT2D eigenvalue weighted by Crippen LogP contribution is -1.75. The van der Waals surface area contributed by atoms with Gasteiger partial charge in [0.2, 0.25) is 0 Å². The summed E-state index contributed by atoms with van der Waals surface area (Å²) in [5, 5.41) is 0.769. The molecule has 0 nitrogen and oxygen atoms in total. The van der Waals surface area contributed by atoms with E-state index in [9.17, 15) is 0 Å². The molecule has 2 heteroatoms. The van der Waals surface area contributed by atoms with Crippen molar-refractivity contribution in [1.29, 1.82) is 0 Å². The second-order valence-electron chi connectivity index (χ2n) is 3.38. The number of halogens is 2. The van der Waals surface area contributed by atoms with E-state index in [1.54, 1.807) is 0 Å². The van der Waals surface area contributed by atoms with Crippen LogP contribution in [0, 0.1) is 0 Å². The molecular formula is C14H10BrCl. The van der Waals surface area contributed by atoms with Crippen molar-refractivity contribution < 1.29 is 0 Å². The predicted molar refractivity (Wildman–Crippen MR) is 74.5 cm³/mol. The van der Waals surface area contributed by atoms with E-state index in [2.05, 4.69) is 22.0 Å². The summed E-state index contributed by atoms with van der Waals surface area (Å²) in [5.74, 6) is 0. The van der Waals surface area contributed by atoms with Crippen molar-refractivity contribution in [3.63, 3.8) is 0 Å². The Morgan fingerprint density at radius 2 is 1.38 bits per heavy atom. The van der Waals surface area contributed by atoms with Crippen LogP contribution in [-0.4, -0.2) is 0 Å². The first-order valence-corrected chi connectivity index (χ1v) is 6.11. The number of hydrogen-bond acceptors (Lipinski definition) is 0. The van der Waals surface area contributed by atoms with Crippen molar-refractivity contribution in [3.05, 3.63) is 69.2 Å². The van der Waals surface area contributed by atoms with Crippen LogP contribution in [0.1, 0.15) is 11.1 Å². The van der Waals surface area contributed by atoms with Crippen LogP contribution in [0.5, 0.6) is 0 Å². The summed E-state index contributed by atoms with van der Waals surface area (Å²) in [6.45, 7) is 0. The van der Waals surface area contributed by atoms with E-state index < -0.39 is 0 Å². The highest BCUT2D eigenvalue weighted by atomic mass is 79.9. The normalized spacial score (nSPS) is 10.9. The highest BCUT2D eigenvalue weighted by Crippen LogP contribution is 2.21. The molecule has 0 saturated heterocycles. The second-order valence-corrected chi connectivity index (χ2v) is 4.64. The highest BCUT2D eigenvalue weighted by molar-refractivity contribution is 9.10. The van der Waals surface area contributed by atoms with Gasteiger partial charge in [-0.15, -0.1) is 0 Å². The molecule has 0 aliphatic carbocycles. The molecule has 0 aromatic heterocycles. The third kappa shape index (κ3) is 2.75. The van der Waals surface area contributed by atoms with E-state index in [-0.39, 0.29) is 0 Å². The molecule has 0 saturated carbocycles. The van der Waals surface area contributed by atoms with E-state index >= 15 is 0 Å². The smallest absolute Gasteiger partial charge is 0.0478 e. The molecule has 2 aromatic carbocycles. The van der Waals surface area contributed by atoms with Gasteiger partial charge in [-0.3, -0.25) is 0 Å². The maximum absolute atomic E-state index is 6.07. The lowest BCUT2D eigenvalue weighted by atomic mass is 10.1. The fourth-order valence-electron chi connectivity index (χ4n) is 1.40. The molecule has 16 heavy (non-hydrogen) atoms. The molecule has 0 N–H and O–H groups in total. The van der Waals surface area contributed by atoms with Crippen molar-refractivity contribution in [2.45, 2.75) is 0 Å². The van der Waals surface area contributed by atoms with Gasteiger partial charge in [0.1, 0.15) is 0 Å². The summed E-state index contributed by atoms with van der Waals surface area (Å²) >= 11 is 9.57. The fraction of sp³-hybridized carbons (Fsp3) is 0. The maximum atomic E-state index is 6.07. The summed E-state index contributed by atoms with van der Waals surface area (Å²) < 4.78 is 1.08. The van der Waals surface area contributed by atoms with Gasteiger partial charge in [0.15, 0.2) is 0 Å². The molecule has 0 bridgehead atoms. The van der Waals surface area contributed by atoms with Crippen LogP contribution < -0.4 is 0 Å². The predicted octanol–water partition coefficient (Wildman–Crippen LogP) is 5.27. The van der Waals surface area contributed by atoms with Crippen LogP contribution in [-0.2, 0) is 0 Å². The molecule has 0 heterocycles. The van der Waals surface area contributed by atoms with Gasteiger partial charge < -0.3 is 0 Å². The van der Waals surface area contributed by atoms with E-state index in [1.165, 1.54) is 0 Å². The van der Waals surface area contributed by atoms with Crippen molar-refractivity contribution in [1.82, 2.24) is 0 Å². The van der Waals surface area contributed by atoms with Crippen LogP contribution in [0.3, 0.4) is 0 Å². The Bertz CT molecular complexity index is 470. The van der Waals surface area contributed by atoms with Crippen molar-refractivity contribution in [2.75, 3.05) is 0 Å². The number of hydrogen-bond donors (Lipinski definition) is 0. The van der Waals surface area contributed by atoms with E-state index in [0.29, 0.717) is 0 Å². The van der Waals surface area contributed by atoms with Gasteiger partial charge in [0, 0.05) is 9.50 Å². The first-order chi connectivity index (χ1) is 7.77. The van der Waals surface area contributed by atoms with Crippen LogP contribution in [0.4, 0.5) is 0 Å². The lowest BCUT2D eigenvalue weighted by Gasteiger charge is -1.99. The Morgan fingerprint density at radius 3 is 2.06 bits per heavy atom. The van der Waals surface area contributed by atoms with E-state index in [4.69, 9.17) is 11.6 Å². The fourth-order valence-corrected chi connectivity index (χ4v) is 2.02. The van der Waals surface area contributed by atoms with Crippen LogP contribution >= 0.6 is 27.5 Å². The minimum absolute atomic E-state index is 0.769. The largest absolute Gasteiger partial charge is 0.0837 e. The second kappa shape index (κ2) is 5.33. The van der Waals surface area contributed by atoms with Gasteiger partial charge in [-0.25, -0.2) is 0 Å². The highest BCUT2D eigenvalue weighted by Gasteiger charge is 1.95. The zero-order chi connectivity index (χ0) is 11.4. The Hall–Kier alpha value is -1.05. The zero-order valence-electron chi connectivity index (χ0n) is 8.53. The van der Waals surface area contributed by atoms with Gasteiger partial charge >= 0.3 is 0 Å². The average molecular weight is 294 g/mol. The summed E-state index contributed by atoms with van der Waals surface area (Å²) in [5.41, 5.74) is 2.17. The third-order valence-electron chi connectivity index (χ3n) is 2.25. The van der Waals surface area contributed by atoms with Crippen LogP contribution in [0.15, 0.2) is 53.0 Å². The SMILES string of the molecule is Clc1ccccc1C=Cc1ccccc1Br. The number of benzene rings is 2. The molecule has 0 atom stereocenters. The quantitative estimate of drug-likeness (QED) is 0.661. The summed E-state index contributed by atoms with van der Waals surface area (Å²) in [7, 11) is 0. The minimum atomic E-state index is 0.769. The third-order valence-corrected chi connectivity index (χ3v) is 3.32. The lowest BCUT2D eigenvalue weighted by molar-refractivity contribution is 1.60. The molecule has 2 rings (SSSR count). The molecular weight excluding hydrogens is 284 g/mol. The molecule has 0 aliphatic rings. The van der Waals surface area contributed by atoms with E-state index in [0.717, 1.165) is 20.6 Å². The van der Waals surface area contributed by atoms with Crippen LogP contribution in [0.2, 0.25) is 5.02 Å². The number of rotatable bonds is 2. The first kappa shape index (κ1) is 11.4. The molecule has 80 valence electrons. The minimum Gasteiger partial charge on any atom is -0.0837 e.